The Morgan fingerprint density at radius 3 is 2.31 bits per heavy atom. The molecular weight excluding hydrogens is 194 g/mol. The van der Waals surface area contributed by atoms with Gasteiger partial charge in [0.15, 0.2) is 0 Å². The molecule has 0 saturated heterocycles. The first-order valence-electron chi connectivity index (χ1n) is 6.40. The Morgan fingerprint density at radius 1 is 1.00 bits per heavy atom. The van der Waals surface area contributed by atoms with E-state index in [2.05, 4.69) is 39.9 Å². The average molecular weight is 217 g/mol. The van der Waals surface area contributed by atoms with Gasteiger partial charge in [0, 0.05) is 12.2 Å². The predicted molar refractivity (Wildman–Crippen MR) is 71.6 cm³/mol. The van der Waals surface area contributed by atoms with Crippen LogP contribution in [0.2, 0.25) is 0 Å². The zero-order valence-electron chi connectivity index (χ0n) is 11.2. The second-order valence-electron chi connectivity index (χ2n) is 5.33. The number of nitrogens with one attached hydrogen (secondary N) is 1. The molecule has 1 aliphatic heterocycles. The van der Waals surface area contributed by atoms with Gasteiger partial charge in [-0.3, -0.25) is 0 Å². The van der Waals surface area contributed by atoms with Crippen molar-refractivity contribution in [1.82, 2.24) is 0 Å². The van der Waals surface area contributed by atoms with Gasteiger partial charge in [0.1, 0.15) is 0 Å². The lowest BCUT2D eigenvalue weighted by Gasteiger charge is -2.28. The maximum atomic E-state index is 3.59. The molecule has 0 atom stereocenters. The minimum Gasteiger partial charge on any atom is -0.385 e. The monoisotopic (exact) mass is 217 g/mol. The van der Waals surface area contributed by atoms with Crippen LogP contribution in [0, 0.1) is 20.8 Å². The van der Waals surface area contributed by atoms with Gasteiger partial charge in [-0.1, -0.05) is 13.8 Å². The summed E-state index contributed by atoms with van der Waals surface area (Å²) >= 11 is 0. The van der Waals surface area contributed by atoms with Crippen LogP contribution in [-0.4, -0.2) is 6.54 Å². The molecule has 1 heterocycles. The van der Waals surface area contributed by atoms with Gasteiger partial charge in [0.2, 0.25) is 0 Å². The molecule has 0 aromatic heterocycles. The van der Waals surface area contributed by atoms with E-state index in [1.54, 1.807) is 11.1 Å². The molecule has 16 heavy (non-hydrogen) atoms. The topological polar surface area (TPSA) is 12.0 Å². The molecule has 0 saturated carbocycles. The molecule has 0 amide bonds. The highest BCUT2D eigenvalue weighted by molar-refractivity contribution is 5.67. The van der Waals surface area contributed by atoms with Crippen LogP contribution in [0.3, 0.4) is 0 Å². The van der Waals surface area contributed by atoms with Crippen molar-refractivity contribution < 1.29 is 0 Å². The van der Waals surface area contributed by atoms with Crippen molar-refractivity contribution in [1.29, 1.82) is 0 Å². The summed E-state index contributed by atoms with van der Waals surface area (Å²) in [5.74, 6) is 0.618. The van der Waals surface area contributed by atoms with E-state index in [1.807, 2.05) is 0 Å². The van der Waals surface area contributed by atoms with E-state index >= 15 is 0 Å². The fourth-order valence-corrected chi connectivity index (χ4v) is 3.15. The molecule has 0 spiro atoms. The van der Waals surface area contributed by atoms with Gasteiger partial charge in [-0.15, -0.1) is 0 Å². The summed E-state index contributed by atoms with van der Waals surface area (Å²) in [6, 6.07) is 0. The zero-order chi connectivity index (χ0) is 11.9. The molecule has 1 N–H and O–H groups in total. The number of hydrogen-bond donors (Lipinski definition) is 1. The molecule has 1 heteroatoms. The smallest absolute Gasteiger partial charge is 0.0408 e. The molecule has 88 valence electrons. The lowest BCUT2D eigenvalue weighted by molar-refractivity contribution is 0.798. The Balaban J connectivity index is 2.70. The van der Waals surface area contributed by atoms with Gasteiger partial charge >= 0.3 is 0 Å². The fourth-order valence-electron chi connectivity index (χ4n) is 3.15. The maximum Gasteiger partial charge on any atom is 0.0408 e. The summed E-state index contributed by atoms with van der Waals surface area (Å²) in [5.41, 5.74) is 9.04. The van der Waals surface area contributed by atoms with Crippen LogP contribution in [0.5, 0.6) is 0 Å². The maximum absolute atomic E-state index is 3.59. The van der Waals surface area contributed by atoms with Crippen LogP contribution >= 0.6 is 0 Å². The Morgan fingerprint density at radius 2 is 1.69 bits per heavy atom. The quantitative estimate of drug-likeness (QED) is 0.747. The van der Waals surface area contributed by atoms with Crippen LogP contribution in [0.25, 0.3) is 0 Å². The summed E-state index contributed by atoms with van der Waals surface area (Å²) in [7, 11) is 0. The molecule has 1 aliphatic rings. The lowest BCUT2D eigenvalue weighted by Crippen LogP contribution is -2.17. The first-order chi connectivity index (χ1) is 7.54. The molecule has 1 aromatic rings. The molecule has 0 bridgehead atoms. The first-order valence-corrected chi connectivity index (χ1v) is 6.40. The molecule has 0 fully saturated rings. The second kappa shape index (κ2) is 4.12. The molecule has 1 nitrogen and oxygen atoms in total. The van der Waals surface area contributed by atoms with Crippen LogP contribution in [0.15, 0.2) is 0 Å². The minimum absolute atomic E-state index is 0.618. The standard InChI is InChI=1S/C15H23N/c1-9(2)14-11(4)10(3)13-7-6-8-16-15(13)12(14)5/h9,16H,6-8H2,1-5H3. The Bertz CT molecular complexity index is 416. The number of fused-ring (bicyclic) bond motifs is 1. The van der Waals surface area contributed by atoms with Crippen LogP contribution in [-0.2, 0) is 6.42 Å². The molecule has 0 radical (unpaired) electrons. The Hall–Kier alpha value is -0.980. The van der Waals surface area contributed by atoms with Gasteiger partial charge in [-0.05, 0) is 67.3 Å². The largest absolute Gasteiger partial charge is 0.385 e. The summed E-state index contributed by atoms with van der Waals surface area (Å²) in [4.78, 5) is 0. The highest BCUT2D eigenvalue weighted by atomic mass is 14.9. The Labute approximate surface area is 99.3 Å². The van der Waals surface area contributed by atoms with E-state index < -0.39 is 0 Å². The van der Waals surface area contributed by atoms with Crippen LogP contribution < -0.4 is 5.32 Å². The number of rotatable bonds is 1. The third kappa shape index (κ3) is 1.63. The van der Waals surface area contributed by atoms with Crippen molar-refractivity contribution >= 4 is 5.69 Å². The van der Waals surface area contributed by atoms with Gasteiger partial charge < -0.3 is 5.32 Å². The van der Waals surface area contributed by atoms with Crippen molar-refractivity contribution in [2.75, 3.05) is 11.9 Å². The fraction of sp³-hybridized carbons (Fsp3) is 0.600. The van der Waals surface area contributed by atoms with E-state index in [9.17, 15) is 0 Å². The van der Waals surface area contributed by atoms with Crippen LogP contribution in [0.1, 0.15) is 54.0 Å². The van der Waals surface area contributed by atoms with Crippen LogP contribution in [0.4, 0.5) is 5.69 Å². The van der Waals surface area contributed by atoms with Gasteiger partial charge in [-0.25, -0.2) is 0 Å². The summed E-state index contributed by atoms with van der Waals surface area (Å²) in [6.45, 7) is 12.6. The van der Waals surface area contributed by atoms with Crippen molar-refractivity contribution in [3.63, 3.8) is 0 Å². The normalized spacial score (nSPS) is 14.9. The average Bonchev–Trinajstić information content (AvgIpc) is 2.26. The van der Waals surface area contributed by atoms with Crippen molar-refractivity contribution in [2.45, 2.75) is 53.4 Å². The number of hydrogen-bond acceptors (Lipinski definition) is 1. The van der Waals surface area contributed by atoms with E-state index in [-0.39, 0.29) is 0 Å². The SMILES string of the molecule is Cc1c(C)c(C(C)C)c(C)c2c1CCCN2. The second-order valence-corrected chi connectivity index (χ2v) is 5.33. The van der Waals surface area contributed by atoms with Crippen molar-refractivity contribution in [2.24, 2.45) is 0 Å². The first kappa shape index (κ1) is 11.5. The molecule has 0 unspecified atom stereocenters. The third-order valence-corrected chi connectivity index (χ3v) is 3.98. The zero-order valence-corrected chi connectivity index (χ0v) is 11.2. The third-order valence-electron chi connectivity index (χ3n) is 3.98. The van der Waals surface area contributed by atoms with Crippen molar-refractivity contribution in [3.8, 4) is 0 Å². The van der Waals surface area contributed by atoms with Gasteiger partial charge in [-0.2, -0.15) is 0 Å². The van der Waals surface area contributed by atoms with E-state index in [0.29, 0.717) is 5.92 Å². The van der Waals surface area contributed by atoms with E-state index in [0.717, 1.165) is 6.54 Å². The summed E-state index contributed by atoms with van der Waals surface area (Å²) < 4.78 is 0. The van der Waals surface area contributed by atoms with Crippen molar-refractivity contribution in [3.05, 3.63) is 27.8 Å². The highest BCUT2D eigenvalue weighted by Gasteiger charge is 2.20. The summed E-state index contributed by atoms with van der Waals surface area (Å²) in [6.07, 6.45) is 2.52. The van der Waals surface area contributed by atoms with E-state index in [1.165, 1.54) is 35.2 Å². The molecular formula is C15H23N. The minimum atomic E-state index is 0.618. The number of anilines is 1. The highest BCUT2D eigenvalue weighted by Crippen LogP contribution is 2.37. The molecule has 2 rings (SSSR count). The van der Waals surface area contributed by atoms with E-state index in [4.69, 9.17) is 0 Å². The predicted octanol–water partition coefficient (Wildman–Crippen LogP) is 4.09. The lowest BCUT2D eigenvalue weighted by atomic mass is 9.84. The molecule has 0 aliphatic carbocycles. The number of benzene rings is 1. The molecule has 1 aromatic carbocycles. The van der Waals surface area contributed by atoms with Gasteiger partial charge in [0.05, 0.1) is 0 Å². The Kier molecular flexibility index (Phi) is 2.96. The van der Waals surface area contributed by atoms with Gasteiger partial charge in [0.25, 0.3) is 0 Å². The summed E-state index contributed by atoms with van der Waals surface area (Å²) in [5, 5.41) is 3.59.